The highest BCUT2D eigenvalue weighted by atomic mass is 16.5. The molecule has 3 aromatic rings. The van der Waals surface area contributed by atoms with Gasteiger partial charge in [-0.05, 0) is 52.9 Å². The van der Waals surface area contributed by atoms with Crippen molar-refractivity contribution in [2.45, 2.75) is 32.8 Å². The molecule has 0 atom stereocenters. The minimum atomic E-state index is -0.684. The molecule has 0 saturated carbocycles. The van der Waals surface area contributed by atoms with Crippen LogP contribution in [-0.2, 0) is 21.6 Å². The normalized spacial score (nSPS) is 10.9. The van der Waals surface area contributed by atoms with Gasteiger partial charge in [-0.1, -0.05) is 63.2 Å². The van der Waals surface area contributed by atoms with Gasteiger partial charge in [-0.3, -0.25) is 14.4 Å². The number of Topliss-reactive ketones (excluding diaryl/α,β-unsaturated/α-hetero) is 1. The third kappa shape index (κ3) is 7.30. The van der Waals surface area contributed by atoms with Crippen LogP contribution in [0.15, 0.2) is 78.9 Å². The highest BCUT2D eigenvalue weighted by molar-refractivity contribution is 5.99. The van der Waals surface area contributed by atoms with E-state index in [4.69, 9.17) is 9.47 Å². The molecule has 3 aromatic carbocycles. The van der Waals surface area contributed by atoms with Crippen molar-refractivity contribution in [2.24, 2.45) is 0 Å². The number of hydrogen-bond acceptors (Lipinski definition) is 5. The topological polar surface area (TPSA) is 81.7 Å². The molecule has 176 valence electrons. The number of esters is 1. The second-order valence-electron chi connectivity index (χ2n) is 8.89. The van der Waals surface area contributed by atoms with Crippen molar-refractivity contribution in [3.63, 3.8) is 0 Å². The molecule has 0 aromatic heterocycles. The van der Waals surface area contributed by atoms with Crippen LogP contribution in [0.5, 0.6) is 5.75 Å². The van der Waals surface area contributed by atoms with Gasteiger partial charge in [0.25, 0.3) is 5.91 Å². The maximum atomic E-state index is 12.3. The SMILES string of the molecule is CC(C)(C)c1ccc(C(=O)NCC(=O)OCC(=O)c2ccc(OCc3ccccc3)cc2)cc1. The van der Waals surface area contributed by atoms with Crippen LogP contribution in [0.25, 0.3) is 0 Å². The van der Waals surface area contributed by atoms with Gasteiger partial charge in [0.15, 0.2) is 12.4 Å². The van der Waals surface area contributed by atoms with E-state index in [1.54, 1.807) is 36.4 Å². The zero-order valence-corrected chi connectivity index (χ0v) is 19.7. The lowest BCUT2D eigenvalue weighted by molar-refractivity contribution is -0.141. The summed E-state index contributed by atoms with van der Waals surface area (Å²) in [6.07, 6.45) is 0. The highest BCUT2D eigenvalue weighted by Crippen LogP contribution is 2.22. The molecule has 0 heterocycles. The Morgan fingerprint density at radius 3 is 2.03 bits per heavy atom. The zero-order chi connectivity index (χ0) is 24.6. The first-order valence-electron chi connectivity index (χ1n) is 11.1. The van der Waals surface area contributed by atoms with Crippen LogP contribution >= 0.6 is 0 Å². The minimum Gasteiger partial charge on any atom is -0.489 e. The second-order valence-corrected chi connectivity index (χ2v) is 8.89. The summed E-state index contributed by atoms with van der Waals surface area (Å²) in [6, 6.07) is 23.6. The number of ketones is 1. The summed E-state index contributed by atoms with van der Waals surface area (Å²) < 4.78 is 10.7. The van der Waals surface area contributed by atoms with Gasteiger partial charge < -0.3 is 14.8 Å². The number of ether oxygens (including phenoxy) is 2. The summed E-state index contributed by atoms with van der Waals surface area (Å²) in [5.41, 5.74) is 3.00. The van der Waals surface area contributed by atoms with Gasteiger partial charge in [-0.2, -0.15) is 0 Å². The van der Waals surface area contributed by atoms with E-state index in [-0.39, 0.29) is 23.7 Å². The van der Waals surface area contributed by atoms with Gasteiger partial charge in [0.1, 0.15) is 18.9 Å². The second kappa shape index (κ2) is 11.3. The molecule has 6 heteroatoms. The summed E-state index contributed by atoms with van der Waals surface area (Å²) in [5, 5.41) is 2.51. The average Bonchev–Trinajstić information content (AvgIpc) is 2.85. The molecule has 34 heavy (non-hydrogen) atoms. The summed E-state index contributed by atoms with van der Waals surface area (Å²) in [5.74, 6) is -0.770. The smallest absolute Gasteiger partial charge is 0.325 e. The Kier molecular flexibility index (Phi) is 8.19. The van der Waals surface area contributed by atoms with Crippen LogP contribution < -0.4 is 10.1 Å². The molecule has 6 nitrogen and oxygen atoms in total. The van der Waals surface area contributed by atoms with Crippen molar-refractivity contribution >= 4 is 17.7 Å². The van der Waals surface area contributed by atoms with Crippen LogP contribution in [-0.4, -0.2) is 30.8 Å². The third-order valence-corrected chi connectivity index (χ3v) is 5.20. The van der Waals surface area contributed by atoms with Crippen LogP contribution in [0.3, 0.4) is 0 Å². The van der Waals surface area contributed by atoms with E-state index in [0.717, 1.165) is 11.1 Å². The Hall–Kier alpha value is -3.93. The van der Waals surface area contributed by atoms with Crippen LogP contribution in [0.4, 0.5) is 0 Å². The molecule has 0 fully saturated rings. The molecule has 0 saturated heterocycles. The summed E-state index contributed by atoms with van der Waals surface area (Å²) in [6.45, 7) is 5.98. The van der Waals surface area contributed by atoms with Crippen molar-refractivity contribution in [1.29, 1.82) is 0 Å². The van der Waals surface area contributed by atoms with Gasteiger partial charge in [0.05, 0.1) is 0 Å². The molecule has 0 radical (unpaired) electrons. The van der Waals surface area contributed by atoms with Crippen molar-refractivity contribution in [3.8, 4) is 5.75 Å². The highest BCUT2D eigenvalue weighted by Gasteiger charge is 2.15. The van der Waals surface area contributed by atoms with Gasteiger partial charge in [0, 0.05) is 11.1 Å². The number of rotatable bonds is 9. The predicted molar refractivity (Wildman–Crippen MR) is 130 cm³/mol. The van der Waals surface area contributed by atoms with Crippen LogP contribution in [0.1, 0.15) is 52.6 Å². The fraction of sp³-hybridized carbons (Fsp3) is 0.250. The number of nitrogens with one attached hydrogen (secondary N) is 1. The summed E-state index contributed by atoms with van der Waals surface area (Å²) >= 11 is 0. The Labute approximate surface area is 199 Å². The lowest BCUT2D eigenvalue weighted by atomic mass is 9.87. The molecular weight excluding hydrogens is 430 g/mol. The van der Waals surface area contributed by atoms with E-state index >= 15 is 0 Å². The first-order valence-corrected chi connectivity index (χ1v) is 11.1. The number of carbonyl (C=O) groups excluding carboxylic acids is 3. The van der Waals surface area contributed by atoms with Gasteiger partial charge >= 0.3 is 5.97 Å². The van der Waals surface area contributed by atoms with E-state index in [1.165, 1.54) is 0 Å². The molecular formula is C28H29NO5. The number of carbonyl (C=O) groups is 3. The standard InChI is InChI=1S/C28H29NO5/c1-28(2,3)23-13-9-22(10-14-23)27(32)29-17-26(31)34-19-25(30)21-11-15-24(16-12-21)33-18-20-7-5-4-6-8-20/h4-16H,17-19H2,1-3H3,(H,29,32). The van der Waals surface area contributed by atoms with E-state index in [0.29, 0.717) is 23.5 Å². The molecule has 0 spiro atoms. The maximum absolute atomic E-state index is 12.3. The fourth-order valence-corrected chi connectivity index (χ4v) is 3.13. The van der Waals surface area contributed by atoms with Crippen LogP contribution in [0, 0.1) is 0 Å². The largest absolute Gasteiger partial charge is 0.489 e. The quantitative estimate of drug-likeness (QED) is 0.370. The first-order chi connectivity index (χ1) is 16.2. The Morgan fingerprint density at radius 1 is 0.794 bits per heavy atom. The number of hydrogen-bond donors (Lipinski definition) is 1. The molecule has 3 rings (SSSR count). The first kappa shape index (κ1) is 24.7. The van der Waals surface area contributed by atoms with Crippen molar-refractivity contribution in [1.82, 2.24) is 5.32 Å². The fourth-order valence-electron chi connectivity index (χ4n) is 3.13. The Bertz CT molecular complexity index is 1110. The Morgan fingerprint density at radius 2 is 1.41 bits per heavy atom. The van der Waals surface area contributed by atoms with Crippen molar-refractivity contribution in [2.75, 3.05) is 13.2 Å². The molecule has 1 amide bonds. The third-order valence-electron chi connectivity index (χ3n) is 5.20. The van der Waals surface area contributed by atoms with Crippen molar-refractivity contribution < 1.29 is 23.9 Å². The van der Waals surface area contributed by atoms with Crippen LogP contribution in [0.2, 0.25) is 0 Å². The van der Waals surface area contributed by atoms with E-state index < -0.39 is 12.6 Å². The average molecular weight is 460 g/mol. The summed E-state index contributed by atoms with van der Waals surface area (Å²) in [7, 11) is 0. The van der Waals surface area contributed by atoms with Gasteiger partial charge in [-0.15, -0.1) is 0 Å². The van der Waals surface area contributed by atoms with Gasteiger partial charge in [-0.25, -0.2) is 0 Å². The van der Waals surface area contributed by atoms with E-state index in [2.05, 4.69) is 26.1 Å². The Balaban J connectivity index is 1.41. The van der Waals surface area contributed by atoms with E-state index in [9.17, 15) is 14.4 Å². The zero-order valence-electron chi connectivity index (χ0n) is 19.7. The molecule has 0 unspecified atom stereocenters. The minimum absolute atomic E-state index is 0.0130. The lowest BCUT2D eigenvalue weighted by Gasteiger charge is -2.19. The predicted octanol–water partition coefficient (Wildman–Crippen LogP) is 4.72. The van der Waals surface area contributed by atoms with Gasteiger partial charge in [0.2, 0.25) is 0 Å². The molecule has 0 aliphatic heterocycles. The molecule has 0 aliphatic carbocycles. The summed E-state index contributed by atoms with van der Waals surface area (Å²) in [4.78, 5) is 36.5. The molecule has 0 bridgehead atoms. The lowest BCUT2D eigenvalue weighted by Crippen LogP contribution is -2.31. The number of benzene rings is 3. The van der Waals surface area contributed by atoms with Crippen molar-refractivity contribution in [3.05, 3.63) is 101 Å². The number of amides is 1. The van der Waals surface area contributed by atoms with E-state index in [1.807, 2.05) is 42.5 Å². The maximum Gasteiger partial charge on any atom is 0.325 e. The molecule has 0 aliphatic rings. The molecule has 1 N–H and O–H groups in total. The monoisotopic (exact) mass is 459 g/mol.